The minimum atomic E-state index is -0.717. The third-order valence-electron chi connectivity index (χ3n) is 6.49. The summed E-state index contributed by atoms with van der Waals surface area (Å²) in [4.78, 5) is 13.1. The van der Waals surface area contributed by atoms with Crippen molar-refractivity contribution in [3.8, 4) is 23.0 Å². The number of benzene rings is 2. The standard InChI is InChI=1S/C28H24F2N6O2/c1-2-38-17-11-21(29)20(22(30)12-17)15-36-24-6-4-3-5-18(24)26(35-36)28-32-14-25(37)27(34-28)33-23-9-10-31-13-19(23)16-7-8-16/h3-6,9-14,16,37H,2,7-8,15H2,1H3,(H,31,32,33,34). The molecule has 0 atom stereocenters. The lowest BCUT2D eigenvalue weighted by Crippen LogP contribution is -2.07. The number of hydrogen-bond acceptors (Lipinski definition) is 7. The molecule has 2 aromatic carbocycles. The zero-order valence-corrected chi connectivity index (χ0v) is 20.5. The van der Waals surface area contributed by atoms with E-state index in [-0.39, 0.29) is 35.2 Å². The Bertz CT molecular complexity index is 1630. The van der Waals surface area contributed by atoms with Crippen LogP contribution in [0.15, 0.2) is 61.1 Å². The van der Waals surface area contributed by atoms with Gasteiger partial charge in [0.1, 0.15) is 23.1 Å². The van der Waals surface area contributed by atoms with Crippen LogP contribution in [0.3, 0.4) is 0 Å². The van der Waals surface area contributed by atoms with Gasteiger partial charge in [-0.05, 0) is 43.4 Å². The maximum atomic E-state index is 14.8. The Morgan fingerprint density at radius 1 is 1.11 bits per heavy atom. The van der Waals surface area contributed by atoms with Crippen LogP contribution in [0.2, 0.25) is 0 Å². The van der Waals surface area contributed by atoms with Crippen molar-refractivity contribution in [2.24, 2.45) is 0 Å². The highest BCUT2D eigenvalue weighted by Gasteiger charge is 2.27. The van der Waals surface area contributed by atoms with Gasteiger partial charge in [0.05, 0.1) is 24.9 Å². The quantitative estimate of drug-likeness (QED) is 0.264. The van der Waals surface area contributed by atoms with Gasteiger partial charge in [0, 0.05) is 41.2 Å². The third-order valence-corrected chi connectivity index (χ3v) is 6.49. The minimum absolute atomic E-state index is 0.116. The average Bonchev–Trinajstić information content (AvgIpc) is 3.70. The van der Waals surface area contributed by atoms with Crippen LogP contribution < -0.4 is 10.1 Å². The van der Waals surface area contributed by atoms with E-state index in [1.165, 1.54) is 23.0 Å². The van der Waals surface area contributed by atoms with Gasteiger partial charge in [-0.2, -0.15) is 5.10 Å². The van der Waals surface area contributed by atoms with Crippen LogP contribution in [0, 0.1) is 11.6 Å². The second-order valence-electron chi connectivity index (χ2n) is 9.11. The number of hydrogen-bond donors (Lipinski definition) is 2. The Kier molecular flexibility index (Phi) is 6.07. The van der Waals surface area contributed by atoms with Crippen molar-refractivity contribution < 1.29 is 18.6 Å². The van der Waals surface area contributed by atoms with Crippen LogP contribution in [0.4, 0.5) is 20.3 Å². The summed E-state index contributed by atoms with van der Waals surface area (Å²) in [6.07, 6.45) is 7.01. The molecule has 3 heterocycles. The van der Waals surface area contributed by atoms with Crippen molar-refractivity contribution >= 4 is 22.4 Å². The molecule has 0 amide bonds. The number of nitrogens with one attached hydrogen (secondary N) is 1. The molecule has 1 aliphatic rings. The first kappa shape index (κ1) is 23.8. The van der Waals surface area contributed by atoms with E-state index in [1.807, 2.05) is 36.5 Å². The van der Waals surface area contributed by atoms with Gasteiger partial charge in [-0.25, -0.2) is 18.7 Å². The van der Waals surface area contributed by atoms with Gasteiger partial charge in [-0.3, -0.25) is 9.67 Å². The molecule has 0 unspecified atom stereocenters. The van der Waals surface area contributed by atoms with E-state index >= 15 is 0 Å². The predicted octanol–water partition coefficient (Wildman–Crippen LogP) is 5.94. The van der Waals surface area contributed by atoms with Crippen molar-refractivity contribution in [3.05, 3.63) is 83.8 Å². The molecule has 3 aromatic heterocycles. The second-order valence-corrected chi connectivity index (χ2v) is 9.11. The van der Waals surface area contributed by atoms with Gasteiger partial charge in [-0.1, -0.05) is 18.2 Å². The van der Waals surface area contributed by atoms with Crippen molar-refractivity contribution in [1.29, 1.82) is 0 Å². The van der Waals surface area contributed by atoms with Crippen molar-refractivity contribution in [3.63, 3.8) is 0 Å². The summed E-state index contributed by atoms with van der Waals surface area (Å²) in [6, 6.07) is 11.5. The second kappa shape index (κ2) is 9.70. The highest BCUT2D eigenvalue weighted by Crippen LogP contribution is 2.44. The first-order valence-electron chi connectivity index (χ1n) is 12.4. The minimum Gasteiger partial charge on any atom is -0.503 e. The zero-order chi connectivity index (χ0) is 26.2. The number of aromatic hydroxyl groups is 1. The van der Waals surface area contributed by atoms with E-state index in [4.69, 9.17) is 4.74 Å². The summed E-state index contributed by atoms with van der Waals surface area (Å²) >= 11 is 0. The van der Waals surface area contributed by atoms with Gasteiger partial charge < -0.3 is 15.2 Å². The molecule has 0 aliphatic heterocycles. The number of fused-ring (bicyclic) bond motifs is 1. The van der Waals surface area contributed by atoms with E-state index in [9.17, 15) is 13.9 Å². The Balaban J connectivity index is 1.38. The maximum absolute atomic E-state index is 14.8. The smallest absolute Gasteiger partial charge is 0.183 e. The van der Waals surface area contributed by atoms with E-state index < -0.39 is 11.6 Å². The van der Waals surface area contributed by atoms with Crippen LogP contribution in [-0.4, -0.2) is 36.4 Å². The van der Waals surface area contributed by atoms with Crippen molar-refractivity contribution in [1.82, 2.24) is 24.7 Å². The van der Waals surface area contributed by atoms with Crippen LogP contribution in [0.1, 0.15) is 36.8 Å². The summed E-state index contributed by atoms with van der Waals surface area (Å²) in [5, 5.41) is 19.1. The molecule has 1 fully saturated rings. The summed E-state index contributed by atoms with van der Waals surface area (Å²) in [5.74, 6) is -0.488. The molecule has 5 aromatic rings. The Labute approximate surface area is 217 Å². The van der Waals surface area contributed by atoms with Crippen LogP contribution in [-0.2, 0) is 6.54 Å². The first-order valence-corrected chi connectivity index (χ1v) is 12.4. The molecule has 0 bridgehead atoms. The summed E-state index contributed by atoms with van der Waals surface area (Å²) in [6.45, 7) is 1.91. The van der Waals surface area contributed by atoms with Gasteiger partial charge in [0.25, 0.3) is 0 Å². The highest BCUT2D eigenvalue weighted by atomic mass is 19.1. The number of rotatable bonds is 8. The lowest BCUT2D eigenvalue weighted by atomic mass is 10.1. The van der Waals surface area contributed by atoms with Crippen LogP contribution in [0.25, 0.3) is 22.4 Å². The molecule has 0 radical (unpaired) electrons. The average molecular weight is 515 g/mol. The third kappa shape index (κ3) is 4.49. The molecule has 0 saturated heterocycles. The fourth-order valence-corrected chi connectivity index (χ4v) is 4.49. The van der Waals surface area contributed by atoms with Crippen LogP contribution in [0.5, 0.6) is 11.5 Å². The number of halogens is 2. The zero-order valence-electron chi connectivity index (χ0n) is 20.5. The normalized spacial score (nSPS) is 13.1. The van der Waals surface area contributed by atoms with E-state index in [2.05, 4.69) is 25.4 Å². The molecule has 1 aliphatic carbocycles. The van der Waals surface area contributed by atoms with Gasteiger partial charge >= 0.3 is 0 Å². The van der Waals surface area contributed by atoms with Crippen LogP contribution >= 0.6 is 0 Å². The van der Waals surface area contributed by atoms with E-state index in [0.29, 0.717) is 29.1 Å². The monoisotopic (exact) mass is 514 g/mol. The number of anilines is 2. The molecule has 10 heteroatoms. The predicted molar refractivity (Wildman–Crippen MR) is 139 cm³/mol. The molecule has 6 rings (SSSR count). The fraction of sp³-hybridized carbons (Fsp3) is 0.214. The molecule has 2 N–H and O–H groups in total. The Morgan fingerprint density at radius 3 is 2.66 bits per heavy atom. The SMILES string of the molecule is CCOc1cc(F)c(Cn2nc(-c3ncc(O)c(Nc4ccncc4C4CC4)n3)c3ccccc32)c(F)c1. The lowest BCUT2D eigenvalue weighted by molar-refractivity contribution is 0.335. The van der Waals surface area contributed by atoms with Gasteiger partial charge in [0.2, 0.25) is 0 Å². The van der Waals surface area contributed by atoms with E-state index in [1.54, 1.807) is 13.1 Å². The first-order chi connectivity index (χ1) is 18.5. The maximum Gasteiger partial charge on any atom is 0.183 e. The highest BCUT2D eigenvalue weighted by molar-refractivity contribution is 5.92. The van der Waals surface area contributed by atoms with Gasteiger partial charge in [-0.15, -0.1) is 0 Å². The molecule has 192 valence electrons. The number of aromatic nitrogens is 5. The molecular weight excluding hydrogens is 490 g/mol. The van der Waals surface area contributed by atoms with Gasteiger partial charge in [0.15, 0.2) is 17.4 Å². The molecule has 1 saturated carbocycles. The van der Waals surface area contributed by atoms with Crippen molar-refractivity contribution in [2.75, 3.05) is 11.9 Å². The number of para-hydroxylation sites is 1. The van der Waals surface area contributed by atoms with Crippen molar-refractivity contribution in [2.45, 2.75) is 32.2 Å². The number of ether oxygens (including phenoxy) is 1. The largest absolute Gasteiger partial charge is 0.503 e. The topological polar surface area (TPSA) is 98.0 Å². The summed E-state index contributed by atoms with van der Waals surface area (Å²) < 4.78 is 36.4. The molecular formula is C28H24F2N6O2. The number of nitrogens with zero attached hydrogens (tertiary/aromatic N) is 5. The van der Waals surface area contributed by atoms with E-state index in [0.717, 1.165) is 24.1 Å². The molecule has 38 heavy (non-hydrogen) atoms. The lowest BCUT2D eigenvalue weighted by Gasteiger charge is -2.12. The summed E-state index contributed by atoms with van der Waals surface area (Å²) in [7, 11) is 0. The Hall–Kier alpha value is -4.60. The fourth-order valence-electron chi connectivity index (χ4n) is 4.49. The Morgan fingerprint density at radius 2 is 1.89 bits per heavy atom. The molecule has 8 nitrogen and oxygen atoms in total. The molecule has 0 spiro atoms. The summed E-state index contributed by atoms with van der Waals surface area (Å²) in [5.41, 5.74) is 2.84. The number of pyridine rings is 1.